The number of carbonyl (C=O) groups excluding carboxylic acids is 1. The molecule has 0 heterocycles. The maximum Gasteiger partial charge on any atom is 0.224 e. The molecule has 0 aliphatic rings. The summed E-state index contributed by atoms with van der Waals surface area (Å²) in [7, 11) is 3.22. The van der Waals surface area contributed by atoms with E-state index in [0.717, 1.165) is 11.3 Å². The first-order valence-electron chi connectivity index (χ1n) is 7.05. The van der Waals surface area contributed by atoms with Gasteiger partial charge in [0.2, 0.25) is 5.91 Å². The summed E-state index contributed by atoms with van der Waals surface area (Å²) in [5.74, 6) is 0.771. The van der Waals surface area contributed by atoms with Crippen LogP contribution in [0.15, 0.2) is 24.3 Å². The highest BCUT2D eigenvalue weighted by Gasteiger charge is 2.24. The van der Waals surface area contributed by atoms with Gasteiger partial charge in [-0.2, -0.15) is 0 Å². The highest BCUT2D eigenvalue weighted by molar-refractivity contribution is 5.78. The van der Waals surface area contributed by atoms with E-state index in [9.17, 15) is 4.79 Å². The van der Waals surface area contributed by atoms with Crippen molar-refractivity contribution in [1.82, 2.24) is 5.32 Å². The van der Waals surface area contributed by atoms with Gasteiger partial charge in [-0.3, -0.25) is 4.79 Å². The lowest BCUT2D eigenvalue weighted by Crippen LogP contribution is -2.45. The van der Waals surface area contributed by atoms with Crippen LogP contribution in [-0.2, 0) is 20.7 Å². The number of hydrogen-bond acceptors (Lipinski definition) is 4. The molecule has 118 valence electrons. The molecule has 0 saturated carbocycles. The Morgan fingerprint density at radius 3 is 2.43 bits per heavy atom. The SMILES string of the molecule is CCOc1ccc(CC(=O)NC[C@@](C)(COC)OC)cc1. The predicted octanol–water partition coefficient (Wildman–Crippen LogP) is 1.80. The molecule has 0 fully saturated rings. The molecule has 0 aliphatic heterocycles. The molecule has 0 spiro atoms. The second-order valence-corrected chi connectivity index (χ2v) is 5.12. The molecule has 0 saturated heterocycles. The third kappa shape index (κ3) is 6.14. The normalized spacial score (nSPS) is 13.5. The molecule has 1 N–H and O–H groups in total. The van der Waals surface area contributed by atoms with Crippen molar-refractivity contribution in [2.45, 2.75) is 25.9 Å². The zero-order valence-corrected chi connectivity index (χ0v) is 13.3. The average molecular weight is 295 g/mol. The van der Waals surface area contributed by atoms with Crippen molar-refractivity contribution in [3.05, 3.63) is 29.8 Å². The zero-order valence-electron chi connectivity index (χ0n) is 13.3. The quantitative estimate of drug-likeness (QED) is 0.754. The molecule has 0 bridgehead atoms. The summed E-state index contributed by atoms with van der Waals surface area (Å²) in [6.07, 6.45) is 0.333. The van der Waals surface area contributed by atoms with Crippen LogP contribution < -0.4 is 10.1 Å². The Labute approximate surface area is 126 Å². The van der Waals surface area contributed by atoms with Crippen molar-refractivity contribution in [1.29, 1.82) is 0 Å². The third-order valence-corrected chi connectivity index (χ3v) is 3.20. The van der Waals surface area contributed by atoms with E-state index in [1.807, 2.05) is 38.1 Å². The molecule has 1 aromatic rings. The van der Waals surface area contributed by atoms with Crippen molar-refractivity contribution in [3.8, 4) is 5.75 Å². The standard InChI is InChI=1S/C16H25NO4/c1-5-21-14-8-6-13(7-9-14)10-15(18)17-11-16(2,20-4)12-19-3/h6-9H,5,10-12H2,1-4H3,(H,17,18)/t16-/m0/s1. The maximum absolute atomic E-state index is 12.0. The molecule has 1 atom stereocenters. The molecule has 5 nitrogen and oxygen atoms in total. The molecule has 1 amide bonds. The van der Waals surface area contributed by atoms with E-state index in [2.05, 4.69) is 5.32 Å². The number of methoxy groups -OCH3 is 2. The lowest BCUT2D eigenvalue weighted by molar-refractivity contribution is -0.122. The monoisotopic (exact) mass is 295 g/mol. The topological polar surface area (TPSA) is 56.8 Å². The van der Waals surface area contributed by atoms with Crippen molar-refractivity contribution in [2.75, 3.05) is 34.0 Å². The van der Waals surface area contributed by atoms with E-state index in [4.69, 9.17) is 14.2 Å². The molecule has 21 heavy (non-hydrogen) atoms. The number of nitrogens with one attached hydrogen (secondary N) is 1. The minimum absolute atomic E-state index is 0.0430. The van der Waals surface area contributed by atoms with Gasteiger partial charge in [-0.25, -0.2) is 0 Å². The van der Waals surface area contributed by atoms with Crippen molar-refractivity contribution < 1.29 is 19.0 Å². The largest absolute Gasteiger partial charge is 0.494 e. The van der Waals surface area contributed by atoms with Gasteiger partial charge in [-0.1, -0.05) is 12.1 Å². The van der Waals surface area contributed by atoms with Crippen LogP contribution in [0, 0.1) is 0 Å². The fourth-order valence-corrected chi connectivity index (χ4v) is 1.89. The lowest BCUT2D eigenvalue weighted by atomic mass is 10.1. The molecule has 0 aromatic heterocycles. The second kappa shape index (κ2) is 8.64. The van der Waals surface area contributed by atoms with Gasteiger partial charge in [0.25, 0.3) is 0 Å². The Balaban J connectivity index is 2.46. The van der Waals surface area contributed by atoms with E-state index >= 15 is 0 Å². The van der Waals surface area contributed by atoms with Gasteiger partial charge in [0.15, 0.2) is 0 Å². The number of amides is 1. The lowest BCUT2D eigenvalue weighted by Gasteiger charge is -2.27. The van der Waals surface area contributed by atoms with E-state index in [1.165, 1.54) is 0 Å². The van der Waals surface area contributed by atoms with Crippen LogP contribution in [0.3, 0.4) is 0 Å². The van der Waals surface area contributed by atoms with Crippen LogP contribution in [0.2, 0.25) is 0 Å². The van der Waals surface area contributed by atoms with Gasteiger partial charge >= 0.3 is 0 Å². The Morgan fingerprint density at radius 2 is 1.90 bits per heavy atom. The summed E-state index contributed by atoms with van der Waals surface area (Å²) < 4.78 is 15.8. The first-order chi connectivity index (χ1) is 10.0. The van der Waals surface area contributed by atoms with Crippen LogP contribution >= 0.6 is 0 Å². The molecule has 0 unspecified atom stereocenters. The first-order valence-corrected chi connectivity index (χ1v) is 7.05. The van der Waals surface area contributed by atoms with Crippen molar-refractivity contribution in [2.24, 2.45) is 0 Å². The summed E-state index contributed by atoms with van der Waals surface area (Å²) >= 11 is 0. The summed E-state index contributed by atoms with van der Waals surface area (Å²) in [6, 6.07) is 7.54. The smallest absolute Gasteiger partial charge is 0.224 e. The average Bonchev–Trinajstić information content (AvgIpc) is 2.48. The molecular formula is C16H25NO4. The number of benzene rings is 1. The number of carbonyl (C=O) groups is 1. The Kier molecular flexibility index (Phi) is 7.19. The van der Waals surface area contributed by atoms with Crippen LogP contribution in [0.5, 0.6) is 5.75 Å². The number of hydrogen-bond donors (Lipinski definition) is 1. The summed E-state index contributed by atoms with van der Waals surface area (Å²) in [6.45, 7) is 5.30. The van der Waals surface area contributed by atoms with E-state index in [0.29, 0.717) is 26.2 Å². The van der Waals surface area contributed by atoms with Crippen LogP contribution in [0.1, 0.15) is 19.4 Å². The molecule has 0 aliphatic carbocycles. The molecule has 1 aromatic carbocycles. The van der Waals surface area contributed by atoms with Gasteiger partial charge in [-0.05, 0) is 31.5 Å². The van der Waals surface area contributed by atoms with Crippen LogP contribution in [-0.4, -0.2) is 45.5 Å². The minimum Gasteiger partial charge on any atom is -0.494 e. The summed E-state index contributed by atoms with van der Waals surface area (Å²) in [5, 5.41) is 2.87. The summed E-state index contributed by atoms with van der Waals surface area (Å²) in [4.78, 5) is 12.0. The maximum atomic E-state index is 12.0. The number of rotatable bonds is 9. The third-order valence-electron chi connectivity index (χ3n) is 3.20. The molecule has 5 heteroatoms. The second-order valence-electron chi connectivity index (χ2n) is 5.12. The Bertz CT molecular complexity index is 432. The van der Waals surface area contributed by atoms with E-state index < -0.39 is 5.60 Å². The minimum atomic E-state index is -0.511. The molecular weight excluding hydrogens is 270 g/mol. The van der Waals surface area contributed by atoms with Gasteiger partial charge < -0.3 is 19.5 Å². The highest BCUT2D eigenvalue weighted by atomic mass is 16.5. The molecule has 1 rings (SSSR count). The highest BCUT2D eigenvalue weighted by Crippen LogP contribution is 2.13. The van der Waals surface area contributed by atoms with Gasteiger partial charge in [-0.15, -0.1) is 0 Å². The zero-order chi connectivity index (χ0) is 15.7. The molecule has 0 radical (unpaired) electrons. The fraction of sp³-hybridized carbons (Fsp3) is 0.562. The van der Waals surface area contributed by atoms with Gasteiger partial charge in [0, 0.05) is 20.8 Å². The van der Waals surface area contributed by atoms with Gasteiger partial charge in [0.05, 0.1) is 19.6 Å². The van der Waals surface area contributed by atoms with Crippen LogP contribution in [0.25, 0.3) is 0 Å². The van der Waals surface area contributed by atoms with E-state index in [1.54, 1.807) is 14.2 Å². The van der Waals surface area contributed by atoms with Crippen molar-refractivity contribution >= 4 is 5.91 Å². The first kappa shape index (κ1) is 17.5. The Hall–Kier alpha value is -1.59. The van der Waals surface area contributed by atoms with Crippen molar-refractivity contribution in [3.63, 3.8) is 0 Å². The van der Waals surface area contributed by atoms with E-state index in [-0.39, 0.29) is 5.91 Å². The van der Waals surface area contributed by atoms with Crippen LogP contribution in [0.4, 0.5) is 0 Å². The summed E-state index contributed by atoms with van der Waals surface area (Å²) in [5.41, 5.74) is 0.435. The predicted molar refractivity (Wildman–Crippen MR) is 81.6 cm³/mol. The fourth-order valence-electron chi connectivity index (χ4n) is 1.89. The number of ether oxygens (including phenoxy) is 3. The Morgan fingerprint density at radius 1 is 1.24 bits per heavy atom. The van der Waals surface area contributed by atoms with Gasteiger partial charge in [0.1, 0.15) is 11.4 Å².